The zero-order valence-corrected chi connectivity index (χ0v) is 12.8. The number of nitrogens with one attached hydrogen (secondary N) is 2. The Labute approximate surface area is 128 Å². The minimum absolute atomic E-state index is 0.0411. The number of nitrogens with zero attached hydrogens (tertiary/aromatic N) is 2. The van der Waals surface area contributed by atoms with E-state index in [1.54, 1.807) is 6.20 Å². The molecule has 2 unspecified atom stereocenters. The van der Waals surface area contributed by atoms with E-state index in [4.69, 9.17) is 0 Å². The van der Waals surface area contributed by atoms with Gasteiger partial charge in [0.05, 0.1) is 0 Å². The number of rotatable bonds is 2. The number of carbonyl (C=O) groups is 1. The first kappa shape index (κ1) is 14.7. The average molecular weight is 300 g/mol. The lowest BCUT2D eigenvalue weighted by Crippen LogP contribution is -2.52. The Morgan fingerprint density at radius 1 is 1.50 bits per heavy atom. The van der Waals surface area contributed by atoms with Gasteiger partial charge < -0.3 is 10.6 Å². The first-order chi connectivity index (χ1) is 10.6. The quantitative estimate of drug-likeness (QED) is 0.863. The van der Waals surface area contributed by atoms with E-state index in [1.807, 2.05) is 26.0 Å². The number of carbonyl (C=O) groups excluding carboxylic acids is 1. The molecule has 0 bridgehead atoms. The summed E-state index contributed by atoms with van der Waals surface area (Å²) in [6, 6.07) is 3.89. The Kier molecular flexibility index (Phi) is 3.94. The van der Waals surface area contributed by atoms with E-state index in [0.29, 0.717) is 5.65 Å². The molecule has 1 saturated heterocycles. The van der Waals surface area contributed by atoms with Crippen LogP contribution in [0.2, 0.25) is 0 Å². The van der Waals surface area contributed by atoms with Gasteiger partial charge in [-0.2, -0.15) is 0 Å². The van der Waals surface area contributed by atoms with Gasteiger partial charge >= 0.3 is 0 Å². The highest BCUT2D eigenvalue weighted by atomic mass is 16.2. The summed E-state index contributed by atoms with van der Waals surface area (Å²) in [6.45, 7) is 4.94. The smallest absolute Gasteiger partial charge is 0.270 e. The third kappa shape index (κ3) is 2.74. The first-order valence-electron chi connectivity index (χ1n) is 7.58. The maximum atomic E-state index is 12.5. The number of pyridine rings is 1. The molecule has 2 N–H and O–H groups in total. The van der Waals surface area contributed by atoms with Crippen LogP contribution in [0.25, 0.3) is 5.65 Å². The fraction of sp³-hybridized carbons (Fsp3) is 0.438. The van der Waals surface area contributed by atoms with E-state index in [1.165, 1.54) is 10.6 Å². The van der Waals surface area contributed by atoms with Gasteiger partial charge in [-0.15, -0.1) is 0 Å². The number of fused-ring (bicyclic) bond motifs is 1. The monoisotopic (exact) mass is 300 g/mol. The maximum Gasteiger partial charge on any atom is 0.270 e. The second-order valence-corrected chi connectivity index (χ2v) is 5.87. The molecular weight excluding hydrogens is 280 g/mol. The molecule has 2 atom stereocenters. The summed E-state index contributed by atoms with van der Waals surface area (Å²) in [5, 5.41) is 6.27. The summed E-state index contributed by atoms with van der Waals surface area (Å²) >= 11 is 0. The van der Waals surface area contributed by atoms with Crippen LogP contribution in [-0.2, 0) is 0 Å². The van der Waals surface area contributed by atoms with Crippen molar-refractivity contribution in [1.29, 1.82) is 0 Å². The maximum absolute atomic E-state index is 12.5. The summed E-state index contributed by atoms with van der Waals surface area (Å²) in [6.07, 6.45) is 4.96. The first-order valence-corrected chi connectivity index (χ1v) is 7.58. The van der Waals surface area contributed by atoms with Crippen LogP contribution in [0, 0.1) is 6.92 Å². The molecule has 116 valence electrons. The SMILES string of the molecule is Cc1ccn2c(=O)c(C(=O)NC3CCCNC3C)cnc2c1. The Morgan fingerprint density at radius 3 is 3.09 bits per heavy atom. The molecule has 0 radical (unpaired) electrons. The standard InChI is InChI=1S/C16H20N4O2/c1-10-5-7-20-14(8-10)18-9-12(16(20)22)15(21)19-13-4-3-6-17-11(13)2/h5,7-9,11,13,17H,3-4,6H2,1-2H3,(H,19,21). The van der Waals surface area contributed by atoms with Gasteiger partial charge in [-0.05, 0) is 50.9 Å². The number of hydrogen-bond donors (Lipinski definition) is 2. The molecule has 1 amide bonds. The Hall–Kier alpha value is -2.21. The highest BCUT2D eigenvalue weighted by Gasteiger charge is 2.24. The van der Waals surface area contributed by atoms with Gasteiger partial charge in [0, 0.05) is 24.5 Å². The number of piperidine rings is 1. The lowest BCUT2D eigenvalue weighted by molar-refractivity contribution is 0.0918. The van der Waals surface area contributed by atoms with Crippen molar-refractivity contribution in [3.63, 3.8) is 0 Å². The van der Waals surface area contributed by atoms with Gasteiger partial charge in [-0.1, -0.05) is 0 Å². The Bertz CT molecular complexity index is 768. The predicted molar refractivity (Wildman–Crippen MR) is 84.2 cm³/mol. The van der Waals surface area contributed by atoms with Crippen LogP contribution in [0.15, 0.2) is 29.3 Å². The zero-order valence-electron chi connectivity index (χ0n) is 12.8. The minimum atomic E-state index is -0.354. The normalized spacial score (nSPS) is 21.7. The van der Waals surface area contributed by atoms with Crippen molar-refractivity contribution in [3.8, 4) is 0 Å². The number of hydrogen-bond acceptors (Lipinski definition) is 4. The second kappa shape index (κ2) is 5.88. The highest BCUT2D eigenvalue weighted by molar-refractivity contribution is 5.94. The number of aryl methyl sites for hydroxylation is 1. The minimum Gasteiger partial charge on any atom is -0.348 e. The Balaban J connectivity index is 1.89. The van der Waals surface area contributed by atoms with Crippen molar-refractivity contribution >= 4 is 11.6 Å². The average Bonchev–Trinajstić information content (AvgIpc) is 2.49. The molecule has 3 rings (SSSR count). The molecule has 6 nitrogen and oxygen atoms in total. The van der Waals surface area contributed by atoms with Gasteiger partial charge in [-0.25, -0.2) is 4.98 Å². The molecule has 3 heterocycles. The van der Waals surface area contributed by atoms with Gasteiger partial charge in [0.15, 0.2) is 0 Å². The number of amides is 1. The van der Waals surface area contributed by atoms with Crippen LogP contribution in [0.3, 0.4) is 0 Å². The van der Waals surface area contributed by atoms with E-state index in [0.717, 1.165) is 24.9 Å². The van der Waals surface area contributed by atoms with Crippen LogP contribution in [0.4, 0.5) is 0 Å². The lowest BCUT2D eigenvalue weighted by atomic mass is 9.99. The summed E-state index contributed by atoms with van der Waals surface area (Å²) in [4.78, 5) is 29.1. The third-order valence-electron chi connectivity index (χ3n) is 4.19. The van der Waals surface area contributed by atoms with E-state index in [-0.39, 0.29) is 29.1 Å². The molecule has 2 aromatic rings. The molecule has 1 aliphatic rings. The molecule has 1 fully saturated rings. The van der Waals surface area contributed by atoms with Crippen molar-refractivity contribution in [3.05, 3.63) is 46.0 Å². The van der Waals surface area contributed by atoms with Crippen LogP contribution < -0.4 is 16.2 Å². The summed E-state index contributed by atoms with van der Waals surface area (Å²) in [5.74, 6) is -0.354. The number of aromatic nitrogens is 2. The Morgan fingerprint density at radius 2 is 2.32 bits per heavy atom. The van der Waals surface area contributed by atoms with E-state index in [9.17, 15) is 9.59 Å². The topological polar surface area (TPSA) is 75.5 Å². The zero-order chi connectivity index (χ0) is 15.7. The van der Waals surface area contributed by atoms with Crippen LogP contribution >= 0.6 is 0 Å². The molecule has 2 aromatic heterocycles. The molecule has 0 aromatic carbocycles. The predicted octanol–water partition coefficient (Wildman–Crippen LogP) is 0.873. The van der Waals surface area contributed by atoms with Gasteiger partial charge in [0.2, 0.25) is 0 Å². The van der Waals surface area contributed by atoms with Crippen molar-refractivity contribution < 1.29 is 4.79 Å². The van der Waals surface area contributed by atoms with Gasteiger partial charge in [0.25, 0.3) is 11.5 Å². The summed E-state index contributed by atoms with van der Waals surface area (Å²) < 4.78 is 1.41. The summed E-state index contributed by atoms with van der Waals surface area (Å²) in [5.41, 5.74) is 1.32. The molecule has 22 heavy (non-hydrogen) atoms. The van der Waals surface area contributed by atoms with Crippen molar-refractivity contribution in [1.82, 2.24) is 20.0 Å². The molecule has 0 aliphatic carbocycles. The molecular formula is C16H20N4O2. The molecule has 0 spiro atoms. The molecule has 1 aliphatic heterocycles. The van der Waals surface area contributed by atoms with Crippen LogP contribution in [0.1, 0.15) is 35.7 Å². The largest absolute Gasteiger partial charge is 0.348 e. The lowest BCUT2D eigenvalue weighted by Gasteiger charge is -2.30. The van der Waals surface area contributed by atoms with E-state index < -0.39 is 0 Å². The highest BCUT2D eigenvalue weighted by Crippen LogP contribution is 2.09. The van der Waals surface area contributed by atoms with Crippen LogP contribution in [0.5, 0.6) is 0 Å². The van der Waals surface area contributed by atoms with E-state index in [2.05, 4.69) is 15.6 Å². The second-order valence-electron chi connectivity index (χ2n) is 5.87. The van der Waals surface area contributed by atoms with Crippen molar-refractivity contribution in [2.45, 2.75) is 38.8 Å². The molecule has 0 saturated carbocycles. The van der Waals surface area contributed by atoms with Crippen molar-refractivity contribution in [2.24, 2.45) is 0 Å². The van der Waals surface area contributed by atoms with Crippen molar-refractivity contribution in [2.75, 3.05) is 6.54 Å². The summed E-state index contributed by atoms with van der Waals surface area (Å²) in [7, 11) is 0. The third-order valence-corrected chi connectivity index (χ3v) is 4.19. The molecule has 6 heteroatoms. The fourth-order valence-electron chi connectivity index (χ4n) is 2.82. The van der Waals surface area contributed by atoms with Gasteiger partial charge in [-0.3, -0.25) is 14.0 Å². The van der Waals surface area contributed by atoms with Gasteiger partial charge in [0.1, 0.15) is 11.2 Å². The fourth-order valence-corrected chi connectivity index (χ4v) is 2.82. The van der Waals surface area contributed by atoms with Crippen LogP contribution in [-0.4, -0.2) is 33.9 Å². The van der Waals surface area contributed by atoms with E-state index >= 15 is 0 Å².